The van der Waals surface area contributed by atoms with Crippen LogP contribution in [0.4, 0.5) is 0 Å². The number of hydrogen-bond acceptors (Lipinski definition) is 3. The van der Waals surface area contributed by atoms with Crippen molar-refractivity contribution in [3.05, 3.63) is 29.3 Å². The average molecular weight is 315 g/mol. The molecular formula is C20H29NO2. The summed E-state index contributed by atoms with van der Waals surface area (Å²) in [6, 6.07) is 6.37. The third kappa shape index (κ3) is 3.67. The molecule has 1 aliphatic carbocycles. The second kappa shape index (κ2) is 6.13. The SMILES string of the molecule is COc1ccc(C(C)(C)CC(C)(C)C)cc1C1(N=C=O)CCC1. The minimum Gasteiger partial charge on any atom is -0.496 e. The second-order valence-electron chi connectivity index (χ2n) is 8.62. The molecule has 1 aromatic carbocycles. The molecule has 0 amide bonds. The molecule has 1 saturated carbocycles. The Morgan fingerprint density at radius 2 is 1.87 bits per heavy atom. The van der Waals surface area contributed by atoms with Crippen LogP contribution in [0.1, 0.15) is 71.4 Å². The first kappa shape index (κ1) is 17.7. The van der Waals surface area contributed by atoms with Crippen LogP contribution in [0.2, 0.25) is 0 Å². The zero-order valence-corrected chi connectivity index (χ0v) is 15.3. The van der Waals surface area contributed by atoms with Gasteiger partial charge >= 0.3 is 0 Å². The van der Waals surface area contributed by atoms with E-state index in [9.17, 15) is 4.79 Å². The van der Waals surface area contributed by atoms with Crippen LogP contribution in [0.15, 0.2) is 23.2 Å². The van der Waals surface area contributed by atoms with Crippen molar-refractivity contribution in [2.45, 2.75) is 71.3 Å². The van der Waals surface area contributed by atoms with E-state index in [1.165, 1.54) is 5.56 Å². The third-order valence-electron chi connectivity index (χ3n) is 4.89. The highest BCUT2D eigenvalue weighted by Gasteiger charge is 2.42. The molecule has 0 spiro atoms. The van der Waals surface area contributed by atoms with Crippen molar-refractivity contribution < 1.29 is 9.53 Å². The third-order valence-corrected chi connectivity index (χ3v) is 4.89. The van der Waals surface area contributed by atoms with Gasteiger partial charge in [-0.05, 0) is 54.2 Å². The van der Waals surface area contributed by atoms with Gasteiger partial charge in [-0.25, -0.2) is 4.79 Å². The molecule has 0 bridgehead atoms. The largest absolute Gasteiger partial charge is 0.496 e. The van der Waals surface area contributed by atoms with Gasteiger partial charge in [0.25, 0.3) is 0 Å². The Hall–Kier alpha value is -1.60. The van der Waals surface area contributed by atoms with Crippen molar-refractivity contribution in [3.8, 4) is 5.75 Å². The van der Waals surface area contributed by atoms with E-state index in [-0.39, 0.29) is 10.8 Å². The van der Waals surface area contributed by atoms with Crippen LogP contribution in [-0.2, 0) is 15.7 Å². The predicted octanol–water partition coefficient (Wildman–Crippen LogP) is 5.12. The van der Waals surface area contributed by atoms with Crippen molar-refractivity contribution in [1.82, 2.24) is 0 Å². The van der Waals surface area contributed by atoms with E-state index in [1.54, 1.807) is 13.2 Å². The fourth-order valence-electron chi connectivity index (χ4n) is 3.96. The maximum absolute atomic E-state index is 10.9. The molecule has 1 aromatic rings. The Morgan fingerprint density at radius 3 is 2.30 bits per heavy atom. The van der Waals surface area contributed by atoms with E-state index in [1.807, 2.05) is 6.07 Å². The van der Waals surface area contributed by atoms with Gasteiger partial charge in [0, 0.05) is 5.56 Å². The minimum atomic E-state index is -0.430. The highest BCUT2D eigenvalue weighted by molar-refractivity contribution is 5.48. The number of methoxy groups -OCH3 is 1. The molecule has 0 aliphatic heterocycles. The van der Waals surface area contributed by atoms with Crippen LogP contribution in [0.25, 0.3) is 0 Å². The molecule has 1 fully saturated rings. The van der Waals surface area contributed by atoms with Gasteiger partial charge in [-0.1, -0.05) is 40.7 Å². The zero-order valence-electron chi connectivity index (χ0n) is 15.3. The van der Waals surface area contributed by atoms with Gasteiger partial charge in [0.2, 0.25) is 6.08 Å². The standard InChI is InChI=1S/C20H29NO2/c1-18(2,3)13-19(4,5)15-8-9-17(23-6)16(12-15)20(21-14-22)10-7-11-20/h8-9,12H,7,10-11,13H2,1-6H3. The van der Waals surface area contributed by atoms with E-state index in [4.69, 9.17) is 4.74 Å². The number of rotatable bonds is 5. The van der Waals surface area contributed by atoms with Gasteiger partial charge in [-0.15, -0.1) is 0 Å². The van der Waals surface area contributed by atoms with Gasteiger partial charge in [-0.2, -0.15) is 4.99 Å². The van der Waals surface area contributed by atoms with Crippen LogP contribution in [0, 0.1) is 5.41 Å². The van der Waals surface area contributed by atoms with Crippen LogP contribution >= 0.6 is 0 Å². The van der Waals surface area contributed by atoms with Crippen LogP contribution in [0.5, 0.6) is 5.75 Å². The molecule has 0 aromatic heterocycles. The molecule has 2 rings (SSSR count). The highest BCUT2D eigenvalue weighted by Crippen LogP contribution is 2.49. The lowest BCUT2D eigenvalue weighted by atomic mass is 9.68. The Kier molecular flexibility index (Phi) is 4.73. The molecule has 1 aliphatic rings. The molecule has 0 heterocycles. The summed E-state index contributed by atoms with van der Waals surface area (Å²) in [5.74, 6) is 0.819. The van der Waals surface area contributed by atoms with E-state index in [2.05, 4.69) is 51.7 Å². The van der Waals surface area contributed by atoms with Crippen LogP contribution in [-0.4, -0.2) is 13.2 Å². The fourth-order valence-corrected chi connectivity index (χ4v) is 3.96. The summed E-state index contributed by atoms with van der Waals surface area (Å²) >= 11 is 0. The van der Waals surface area contributed by atoms with Gasteiger partial charge in [-0.3, -0.25) is 0 Å². The lowest BCUT2D eigenvalue weighted by Gasteiger charge is -2.39. The first-order valence-electron chi connectivity index (χ1n) is 8.42. The van der Waals surface area contributed by atoms with Crippen LogP contribution in [0.3, 0.4) is 0 Å². The van der Waals surface area contributed by atoms with Crippen LogP contribution < -0.4 is 4.74 Å². The topological polar surface area (TPSA) is 38.7 Å². The number of benzene rings is 1. The summed E-state index contributed by atoms with van der Waals surface area (Å²) in [7, 11) is 1.68. The van der Waals surface area contributed by atoms with Crippen molar-refractivity contribution in [1.29, 1.82) is 0 Å². The molecule has 23 heavy (non-hydrogen) atoms. The molecule has 126 valence electrons. The first-order chi connectivity index (χ1) is 10.6. The maximum atomic E-state index is 10.9. The normalized spacial score (nSPS) is 17.1. The lowest BCUT2D eigenvalue weighted by Crippen LogP contribution is -2.33. The number of nitrogens with zero attached hydrogens (tertiary/aromatic N) is 1. The first-order valence-corrected chi connectivity index (χ1v) is 8.42. The number of isocyanates is 1. The fraction of sp³-hybridized carbons (Fsp3) is 0.650. The summed E-state index contributed by atoms with van der Waals surface area (Å²) in [6.45, 7) is 11.4. The monoisotopic (exact) mass is 315 g/mol. The van der Waals surface area contributed by atoms with Crippen molar-refractivity contribution in [3.63, 3.8) is 0 Å². The van der Waals surface area contributed by atoms with Gasteiger partial charge in [0.05, 0.1) is 7.11 Å². The maximum Gasteiger partial charge on any atom is 0.235 e. The van der Waals surface area contributed by atoms with Gasteiger partial charge in [0.15, 0.2) is 0 Å². The Bertz CT molecular complexity index is 615. The number of hydrogen-bond donors (Lipinski definition) is 0. The second-order valence-corrected chi connectivity index (χ2v) is 8.62. The molecule has 0 unspecified atom stereocenters. The molecule has 3 heteroatoms. The Labute approximate surface area is 140 Å². The van der Waals surface area contributed by atoms with Crippen molar-refractivity contribution in [2.24, 2.45) is 10.4 Å². The van der Waals surface area contributed by atoms with E-state index in [0.29, 0.717) is 0 Å². The number of carbonyl (C=O) groups excluding carboxylic acids is 1. The van der Waals surface area contributed by atoms with E-state index in [0.717, 1.165) is 37.0 Å². The molecule has 3 nitrogen and oxygen atoms in total. The Morgan fingerprint density at radius 1 is 1.22 bits per heavy atom. The molecule has 0 saturated heterocycles. The smallest absolute Gasteiger partial charge is 0.235 e. The lowest BCUT2D eigenvalue weighted by molar-refractivity contribution is 0.244. The number of aliphatic imine (C=N–C) groups is 1. The zero-order chi connectivity index (χ0) is 17.3. The summed E-state index contributed by atoms with van der Waals surface area (Å²) in [4.78, 5) is 15.1. The Balaban J connectivity index is 2.49. The van der Waals surface area contributed by atoms with Gasteiger partial charge < -0.3 is 4.74 Å². The summed E-state index contributed by atoms with van der Waals surface area (Å²) in [5, 5.41) is 0. The molecule has 0 N–H and O–H groups in total. The molecular weight excluding hydrogens is 286 g/mol. The minimum absolute atomic E-state index is 0.0507. The number of ether oxygens (including phenoxy) is 1. The van der Waals surface area contributed by atoms with Gasteiger partial charge in [0.1, 0.15) is 11.3 Å². The van der Waals surface area contributed by atoms with Crippen molar-refractivity contribution in [2.75, 3.05) is 7.11 Å². The quantitative estimate of drug-likeness (QED) is 0.558. The summed E-state index contributed by atoms with van der Waals surface area (Å²) < 4.78 is 5.55. The average Bonchev–Trinajstić information content (AvgIpc) is 2.39. The predicted molar refractivity (Wildman–Crippen MR) is 93.7 cm³/mol. The van der Waals surface area contributed by atoms with E-state index >= 15 is 0 Å². The van der Waals surface area contributed by atoms with E-state index < -0.39 is 5.54 Å². The summed E-state index contributed by atoms with van der Waals surface area (Å²) in [5.41, 5.74) is 2.18. The highest BCUT2D eigenvalue weighted by atomic mass is 16.5. The summed E-state index contributed by atoms with van der Waals surface area (Å²) in [6.07, 6.45) is 5.72. The molecule has 0 radical (unpaired) electrons. The van der Waals surface area contributed by atoms with Crippen molar-refractivity contribution >= 4 is 6.08 Å². The molecule has 0 atom stereocenters.